The zero-order chi connectivity index (χ0) is 17.1. The molecule has 124 valence electrons. The lowest BCUT2D eigenvalue weighted by Gasteiger charge is -2.16. The van der Waals surface area contributed by atoms with Gasteiger partial charge in [0.15, 0.2) is 0 Å². The van der Waals surface area contributed by atoms with Gasteiger partial charge in [0.2, 0.25) is 11.8 Å². The fourth-order valence-electron chi connectivity index (χ4n) is 2.99. The molecule has 0 aromatic heterocycles. The van der Waals surface area contributed by atoms with Crippen LogP contribution in [0.2, 0.25) is 0 Å². The van der Waals surface area contributed by atoms with Gasteiger partial charge in [0.1, 0.15) is 11.5 Å². The first-order valence-corrected chi connectivity index (χ1v) is 7.76. The Morgan fingerprint density at radius 2 is 1.71 bits per heavy atom. The van der Waals surface area contributed by atoms with Gasteiger partial charge < -0.3 is 9.47 Å². The van der Waals surface area contributed by atoms with Crippen molar-refractivity contribution in [1.82, 2.24) is 0 Å². The van der Waals surface area contributed by atoms with Crippen LogP contribution in [-0.2, 0) is 16.0 Å². The van der Waals surface area contributed by atoms with Gasteiger partial charge in [-0.3, -0.25) is 14.5 Å². The fraction of sp³-hybridized carbons (Fsp3) is 0.263. The molecule has 0 saturated carbocycles. The summed E-state index contributed by atoms with van der Waals surface area (Å²) in [6, 6.07) is 14.5. The van der Waals surface area contributed by atoms with E-state index in [1.165, 1.54) is 4.90 Å². The van der Waals surface area contributed by atoms with Crippen molar-refractivity contribution in [3.05, 3.63) is 54.1 Å². The lowest BCUT2D eigenvalue weighted by molar-refractivity contribution is -0.122. The van der Waals surface area contributed by atoms with Crippen LogP contribution < -0.4 is 14.4 Å². The van der Waals surface area contributed by atoms with Crippen LogP contribution in [0.1, 0.15) is 12.0 Å². The number of para-hydroxylation sites is 1. The Morgan fingerprint density at radius 3 is 2.38 bits per heavy atom. The molecule has 3 rings (SSSR count). The van der Waals surface area contributed by atoms with Gasteiger partial charge >= 0.3 is 0 Å². The molecule has 1 aliphatic heterocycles. The number of benzene rings is 2. The number of amides is 2. The molecule has 0 unspecified atom stereocenters. The lowest BCUT2D eigenvalue weighted by atomic mass is 9.97. The SMILES string of the molecule is COc1ccc(N2C(=O)C[C@@H](Cc3ccccc3OC)C2=O)cc1. The first-order valence-electron chi connectivity index (χ1n) is 7.76. The summed E-state index contributed by atoms with van der Waals surface area (Å²) in [6.45, 7) is 0. The predicted octanol–water partition coefficient (Wildman–Crippen LogP) is 2.83. The highest BCUT2D eigenvalue weighted by Gasteiger charge is 2.39. The van der Waals surface area contributed by atoms with E-state index in [0.29, 0.717) is 17.9 Å². The summed E-state index contributed by atoms with van der Waals surface area (Å²) >= 11 is 0. The van der Waals surface area contributed by atoms with Crippen LogP contribution in [0.4, 0.5) is 5.69 Å². The minimum Gasteiger partial charge on any atom is -0.497 e. The number of anilines is 1. The molecular weight excluding hydrogens is 306 g/mol. The summed E-state index contributed by atoms with van der Waals surface area (Å²) in [5.74, 6) is 0.709. The maximum Gasteiger partial charge on any atom is 0.237 e. The summed E-state index contributed by atoms with van der Waals surface area (Å²) in [5, 5.41) is 0. The number of hydrogen-bond donors (Lipinski definition) is 0. The van der Waals surface area contributed by atoms with E-state index in [9.17, 15) is 9.59 Å². The molecule has 0 N–H and O–H groups in total. The van der Waals surface area contributed by atoms with Crippen LogP contribution in [0.5, 0.6) is 11.5 Å². The number of methoxy groups -OCH3 is 2. The third kappa shape index (κ3) is 2.97. The van der Waals surface area contributed by atoms with Crippen molar-refractivity contribution in [3.63, 3.8) is 0 Å². The average Bonchev–Trinajstić information content (AvgIpc) is 2.89. The third-order valence-electron chi connectivity index (χ3n) is 4.23. The van der Waals surface area contributed by atoms with E-state index in [2.05, 4.69) is 0 Å². The highest BCUT2D eigenvalue weighted by atomic mass is 16.5. The van der Waals surface area contributed by atoms with Crippen molar-refractivity contribution < 1.29 is 19.1 Å². The normalized spacial score (nSPS) is 17.2. The number of carbonyl (C=O) groups is 2. The van der Waals surface area contributed by atoms with Crippen LogP contribution >= 0.6 is 0 Å². The van der Waals surface area contributed by atoms with Crippen molar-refractivity contribution >= 4 is 17.5 Å². The van der Waals surface area contributed by atoms with Gasteiger partial charge in [-0.05, 0) is 42.3 Å². The van der Waals surface area contributed by atoms with Gasteiger partial charge in [0.05, 0.1) is 25.8 Å². The van der Waals surface area contributed by atoms with Crippen LogP contribution in [-0.4, -0.2) is 26.0 Å². The molecule has 24 heavy (non-hydrogen) atoms. The summed E-state index contributed by atoms with van der Waals surface area (Å²) in [7, 11) is 3.18. The van der Waals surface area contributed by atoms with Gasteiger partial charge in [0, 0.05) is 6.42 Å². The molecule has 0 bridgehead atoms. The van der Waals surface area contributed by atoms with Crippen molar-refractivity contribution in [2.75, 3.05) is 19.1 Å². The Kier molecular flexibility index (Phi) is 4.51. The molecule has 2 aromatic carbocycles. The number of imide groups is 1. The Morgan fingerprint density at radius 1 is 1.00 bits per heavy atom. The van der Waals surface area contributed by atoms with Crippen LogP contribution in [0.3, 0.4) is 0 Å². The van der Waals surface area contributed by atoms with E-state index in [1.54, 1.807) is 38.5 Å². The molecule has 2 amide bonds. The fourth-order valence-corrected chi connectivity index (χ4v) is 2.99. The van der Waals surface area contributed by atoms with E-state index >= 15 is 0 Å². The highest BCUT2D eigenvalue weighted by Crippen LogP contribution is 2.31. The second-order valence-electron chi connectivity index (χ2n) is 5.68. The summed E-state index contributed by atoms with van der Waals surface area (Å²) in [5.41, 5.74) is 1.51. The summed E-state index contributed by atoms with van der Waals surface area (Å²) in [6.07, 6.45) is 0.699. The molecule has 1 saturated heterocycles. The molecule has 0 aliphatic carbocycles. The number of rotatable bonds is 5. The van der Waals surface area contributed by atoms with E-state index in [-0.39, 0.29) is 24.2 Å². The second-order valence-corrected chi connectivity index (χ2v) is 5.68. The van der Waals surface area contributed by atoms with E-state index in [4.69, 9.17) is 9.47 Å². The minimum atomic E-state index is -0.365. The summed E-state index contributed by atoms with van der Waals surface area (Å²) < 4.78 is 10.4. The van der Waals surface area contributed by atoms with Gasteiger partial charge in [-0.15, -0.1) is 0 Å². The molecule has 1 heterocycles. The van der Waals surface area contributed by atoms with Gasteiger partial charge in [-0.1, -0.05) is 18.2 Å². The Bertz CT molecular complexity index is 754. The maximum atomic E-state index is 12.7. The first-order chi connectivity index (χ1) is 11.6. The number of ether oxygens (including phenoxy) is 2. The average molecular weight is 325 g/mol. The smallest absolute Gasteiger partial charge is 0.237 e. The van der Waals surface area contributed by atoms with E-state index in [1.807, 2.05) is 24.3 Å². The van der Waals surface area contributed by atoms with Crippen LogP contribution in [0.15, 0.2) is 48.5 Å². The zero-order valence-electron chi connectivity index (χ0n) is 13.7. The highest BCUT2D eigenvalue weighted by molar-refractivity contribution is 6.21. The molecular formula is C19H19NO4. The molecule has 1 fully saturated rings. The van der Waals surface area contributed by atoms with Crippen molar-refractivity contribution in [3.8, 4) is 11.5 Å². The Hall–Kier alpha value is -2.82. The monoisotopic (exact) mass is 325 g/mol. The zero-order valence-corrected chi connectivity index (χ0v) is 13.7. The standard InChI is InChI=1S/C19H19NO4/c1-23-16-9-7-15(8-10-16)20-18(21)12-14(19(20)22)11-13-5-3-4-6-17(13)24-2/h3-10,14H,11-12H2,1-2H3/t14-/m1/s1. The first kappa shape index (κ1) is 16.1. The van der Waals surface area contributed by atoms with E-state index in [0.717, 1.165) is 11.3 Å². The topological polar surface area (TPSA) is 55.8 Å². The van der Waals surface area contributed by atoms with Gasteiger partial charge in [0.25, 0.3) is 0 Å². The molecule has 0 spiro atoms. The lowest BCUT2D eigenvalue weighted by Crippen LogP contribution is -2.30. The number of carbonyl (C=O) groups excluding carboxylic acids is 2. The van der Waals surface area contributed by atoms with Crippen molar-refractivity contribution in [1.29, 1.82) is 0 Å². The molecule has 1 aliphatic rings. The Balaban J connectivity index is 1.80. The van der Waals surface area contributed by atoms with Crippen LogP contribution in [0.25, 0.3) is 0 Å². The largest absolute Gasteiger partial charge is 0.497 e. The van der Waals surface area contributed by atoms with E-state index < -0.39 is 0 Å². The number of hydrogen-bond acceptors (Lipinski definition) is 4. The molecule has 1 atom stereocenters. The molecule has 0 radical (unpaired) electrons. The van der Waals surface area contributed by atoms with Crippen LogP contribution in [0, 0.1) is 5.92 Å². The molecule has 2 aromatic rings. The quantitative estimate of drug-likeness (QED) is 0.793. The molecule has 5 nitrogen and oxygen atoms in total. The summed E-state index contributed by atoms with van der Waals surface area (Å²) in [4.78, 5) is 26.3. The van der Waals surface area contributed by atoms with Gasteiger partial charge in [-0.25, -0.2) is 0 Å². The Labute approximate surface area is 140 Å². The third-order valence-corrected chi connectivity index (χ3v) is 4.23. The van der Waals surface area contributed by atoms with Gasteiger partial charge in [-0.2, -0.15) is 0 Å². The predicted molar refractivity (Wildman–Crippen MR) is 90.3 cm³/mol. The molecule has 5 heteroatoms. The maximum absolute atomic E-state index is 12.7. The second kappa shape index (κ2) is 6.74. The minimum absolute atomic E-state index is 0.170. The number of nitrogens with zero attached hydrogens (tertiary/aromatic N) is 1. The van der Waals surface area contributed by atoms with Crippen molar-refractivity contribution in [2.45, 2.75) is 12.8 Å². The van der Waals surface area contributed by atoms with Crippen molar-refractivity contribution in [2.24, 2.45) is 5.92 Å².